The number of aromatic nitrogens is 1. The number of carbonyl (C=O) groups is 1. The zero-order valence-corrected chi connectivity index (χ0v) is 15.7. The molecule has 140 valence electrons. The maximum Gasteiger partial charge on any atom is 0.308 e. The summed E-state index contributed by atoms with van der Waals surface area (Å²) in [6.07, 6.45) is 2.01. The van der Waals surface area contributed by atoms with Crippen LogP contribution in [-0.4, -0.2) is 19.9 Å². The summed E-state index contributed by atoms with van der Waals surface area (Å²) < 4.78 is 24.1. The van der Waals surface area contributed by atoms with Crippen molar-refractivity contribution in [1.29, 1.82) is 0 Å². The minimum atomic E-state index is -0.387. The fourth-order valence-electron chi connectivity index (χ4n) is 3.87. The molecule has 4 aromatic rings. The van der Waals surface area contributed by atoms with Crippen molar-refractivity contribution in [3.05, 3.63) is 48.3 Å². The second kappa shape index (κ2) is 5.99. The Hall–Kier alpha value is -3.54. The molecule has 0 saturated carbocycles. The Kier molecular flexibility index (Phi) is 3.55. The molecule has 0 aliphatic carbocycles. The van der Waals surface area contributed by atoms with E-state index in [2.05, 4.69) is 10.5 Å². The number of ether oxygens (including phenoxy) is 4. The number of benzene rings is 2. The summed E-state index contributed by atoms with van der Waals surface area (Å²) in [5, 5.41) is 3.92. The van der Waals surface area contributed by atoms with Gasteiger partial charge in [0.1, 0.15) is 0 Å². The van der Waals surface area contributed by atoms with Crippen molar-refractivity contribution in [2.24, 2.45) is 0 Å². The third kappa shape index (κ3) is 2.34. The van der Waals surface area contributed by atoms with Crippen LogP contribution in [-0.2, 0) is 4.79 Å². The van der Waals surface area contributed by atoms with Crippen molar-refractivity contribution in [1.82, 2.24) is 0 Å². The number of fused-ring (bicyclic) bond motifs is 5. The van der Waals surface area contributed by atoms with Crippen molar-refractivity contribution in [3.8, 4) is 23.0 Å². The molecule has 0 amide bonds. The Labute approximate surface area is 160 Å². The van der Waals surface area contributed by atoms with Gasteiger partial charge < -0.3 is 18.9 Å². The summed E-state index contributed by atoms with van der Waals surface area (Å²) in [4.78, 5) is 11.7. The normalized spacial score (nSPS) is 12.7. The number of esters is 1. The van der Waals surface area contributed by atoms with Gasteiger partial charge in [0.25, 0.3) is 0 Å². The summed E-state index contributed by atoms with van der Waals surface area (Å²) in [5.41, 5.74) is 1.97. The monoisotopic (exact) mass is 376 g/mol. The number of aryl methyl sites for hydroxylation is 1. The van der Waals surface area contributed by atoms with Gasteiger partial charge in [0.2, 0.25) is 12.3 Å². The molecule has 1 aliphatic heterocycles. The Morgan fingerprint density at radius 2 is 1.86 bits per heavy atom. The first kappa shape index (κ1) is 16.6. The van der Waals surface area contributed by atoms with Crippen molar-refractivity contribution < 1.29 is 28.1 Å². The topological polar surface area (TPSA) is 58.1 Å². The van der Waals surface area contributed by atoms with E-state index in [0.717, 1.165) is 44.3 Å². The van der Waals surface area contributed by atoms with E-state index in [-0.39, 0.29) is 12.8 Å². The average molecular weight is 376 g/mol. The van der Waals surface area contributed by atoms with Gasteiger partial charge in [0.15, 0.2) is 34.9 Å². The van der Waals surface area contributed by atoms with Gasteiger partial charge >= 0.3 is 5.97 Å². The molecular formula is C22H18NO5+. The van der Waals surface area contributed by atoms with Crippen LogP contribution in [0.1, 0.15) is 12.6 Å². The summed E-state index contributed by atoms with van der Waals surface area (Å²) in [6.45, 7) is 3.63. The molecule has 0 atom stereocenters. The van der Waals surface area contributed by atoms with Crippen LogP contribution in [0.5, 0.6) is 23.0 Å². The minimum Gasteiger partial charge on any atom is -0.493 e. The van der Waals surface area contributed by atoms with Gasteiger partial charge in [-0.2, -0.15) is 4.40 Å². The van der Waals surface area contributed by atoms with Gasteiger partial charge in [-0.25, -0.2) is 0 Å². The van der Waals surface area contributed by atoms with E-state index in [1.807, 2.05) is 43.5 Å². The van der Waals surface area contributed by atoms with Gasteiger partial charge in [-0.15, -0.1) is 0 Å². The van der Waals surface area contributed by atoms with Crippen molar-refractivity contribution >= 4 is 33.0 Å². The Morgan fingerprint density at radius 3 is 2.61 bits per heavy atom. The molecule has 0 unspecified atom stereocenters. The molecule has 0 saturated heterocycles. The molecule has 6 heteroatoms. The van der Waals surface area contributed by atoms with E-state index in [1.165, 1.54) is 6.92 Å². The minimum absolute atomic E-state index is 0.240. The number of pyridine rings is 2. The van der Waals surface area contributed by atoms with E-state index < -0.39 is 0 Å². The lowest BCUT2D eigenvalue weighted by Crippen LogP contribution is -2.26. The van der Waals surface area contributed by atoms with E-state index in [0.29, 0.717) is 11.5 Å². The summed E-state index contributed by atoms with van der Waals surface area (Å²) in [7, 11) is 1.56. The second-order valence-electron chi connectivity index (χ2n) is 6.75. The molecular weight excluding hydrogens is 358 g/mol. The number of methoxy groups -OCH3 is 1. The smallest absolute Gasteiger partial charge is 0.308 e. The molecule has 5 rings (SSSR count). The first-order valence-corrected chi connectivity index (χ1v) is 8.93. The van der Waals surface area contributed by atoms with Gasteiger partial charge in [-0.05, 0) is 35.0 Å². The molecule has 0 radical (unpaired) electrons. The molecule has 1 aliphatic rings. The highest BCUT2D eigenvalue weighted by Crippen LogP contribution is 2.40. The van der Waals surface area contributed by atoms with Crippen LogP contribution >= 0.6 is 0 Å². The molecule has 0 N–H and O–H groups in total. The van der Waals surface area contributed by atoms with Gasteiger partial charge in [0, 0.05) is 26.0 Å². The zero-order chi connectivity index (χ0) is 19.4. The predicted molar refractivity (Wildman–Crippen MR) is 103 cm³/mol. The van der Waals surface area contributed by atoms with E-state index in [1.54, 1.807) is 7.11 Å². The number of carbonyl (C=O) groups excluding carboxylic acids is 1. The maximum absolute atomic E-state index is 11.7. The molecule has 3 heterocycles. The fraction of sp³-hybridized carbons (Fsp3) is 0.182. The van der Waals surface area contributed by atoms with Crippen LogP contribution in [0.25, 0.3) is 27.1 Å². The Morgan fingerprint density at radius 1 is 1.07 bits per heavy atom. The number of rotatable bonds is 2. The average Bonchev–Trinajstić information content (AvgIpc) is 3.13. The first-order valence-electron chi connectivity index (χ1n) is 8.93. The molecule has 2 aromatic carbocycles. The third-order valence-corrected chi connectivity index (χ3v) is 5.12. The maximum atomic E-state index is 11.7. The molecule has 0 fully saturated rings. The van der Waals surface area contributed by atoms with Gasteiger partial charge in [0.05, 0.1) is 17.9 Å². The quantitative estimate of drug-likeness (QED) is 0.176. The third-order valence-electron chi connectivity index (χ3n) is 5.12. The highest BCUT2D eigenvalue weighted by atomic mass is 16.7. The van der Waals surface area contributed by atoms with Crippen LogP contribution in [0.3, 0.4) is 0 Å². The lowest BCUT2D eigenvalue weighted by molar-refractivity contribution is -0.516. The standard InChI is InChI=1S/C22H18NO5/c1-12-21-15(4-5-18(25-3)22(21)28-13(2)24)8-17-16-10-20-19(26-11-27-20)9-14(16)6-7-23(12)17/h4-10H,11H2,1-3H3/q+1. The van der Waals surface area contributed by atoms with Crippen LogP contribution in [0.4, 0.5) is 0 Å². The SMILES string of the molecule is COc1ccc2cc3c4cc5c(cc4cc[n+]3c(C)c2c1OC(C)=O)OCO5. The van der Waals surface area contributed by atoms with Crippen molar-refractivity contribution in [3.63, 3.8) is 0 Å². The zero-order valence-electron chi connectivity index (χ0n) is 15.7. The summed E-state index contributed by atoms with van der Waals surface area (Å²) >= 11 is 0. The lowest BCUT2D eigenvalue weighted by atomic mass is 10.0. The summed E-state index contributed by atoms with van der Waals surface area (Å²) in [6, 6.07) is 11.9. The van der Waals surface area contributed by atoms with Crippen LogP contribution in [0, 0.1) is 6.92 Å². The van der Waals surface area contributed by atoms with E-state index in [9.17, 15) is 4.79 Å². The van der Waals surface area contributed by atoms with Crippen LogP contribution in [0.15, 0.2) is 42.6 Å². The number of hydrogen-bond acceptors (Lipinski definition) is 5. The molecule has 6 nitrogen and oxygen atoms in total. The fourth-order valence-corrected chi connectivity index (χ4v) is 3.87. The van der Waals surface area contributed by atoms with Crippen LogP contribution in [0.2, 0.25) is 0 Å². The molecule has 2 aromatic heterocycles. The van der Waals surface area contributed by atoms with E-state index >= 15 is 0 Å². The van der Waals surface area contributed by atoms with Gasteiger partial charge in [-0.3, -0.25) is 4.79 Å². The molecule has 0 spiro atoms. The number of nitrogens with zero attached hydrogens (tertiary/aromatic N) is 1. The molecule has 0 bridgehead atoms. The van der Waals surface area contributed by atoms with Crippen LogP contribution < -0.4 is 23.3 Å². The highest BCUT2D eigenvalue weighted by Gasteiger charge is 2.23. The van der Waals surface area contributed by atoms with E-state index in [4.69, 9.17) is 18.9 Å². The Bertz CT molecular complexity index is 1300. The lowest BCUT2D eigenvalue weighted by Gasteiger charge is -2.12. The first-order chi connectivity index (χ1) is 13.6. The number of hydrogen-bond donors (Lipinski definition) is 0. The second-order valence-corrected chi connectivity index (χ2v) is 6.75. The van der Waals surface area contributed by atoms with Crippen molar-refractivity contribution in [2.75, 3.05) is 13.9 Å². The highest BCUT2D eigenvalue weighted by molar-refractivity contribution is 6.01. The van der Waals surface area contributed by atoms with Crippen molar-refractivity contribution in [2.45, 2.75) is 13.8 Å². The predicted octanol–water partition coefficient (Wildman–Crippen LogP) is 3.70. The Balaban J connectivity index is 1.89. The largest absolute Gasteiger partial charge is 0.493 e. The summed E-state index contributed by atoms with van der Waals surface area (Å²) in [5.74, 6) is 2.08. The molecule has 28 heavy (non-hydrogen) atoms. The van der Waals surface area contributed by atoms with Gasteiger partial charge in [-0.1, -0.05) is 0 Å².